The SMILES string of the molecule is CC(=O)Cc1cc2ccccc2[nH]1. The van der Waals surface area contributed by atoms with E-state index in [0.29, 0.717) is 6.42 Å². The first-order valence-electron chi connectivity index (χ1n) is 4.32. The van der Waals surface area contributed by atoms with Crippen LogP contribution in [0.25, 0.3) is 10.9 Å². The lowest BCUT2D eigenvalue weighted by Gasteiger charge is -1.89. The molecule has 1 aromatic heterocycles. The third-order valence-electron chi connectivity index (χ3n) is 2.03. The smallest absolute Gasteiger partial charge is 0.135 e. The molecular formula is C11H11NO. The van der Waals surface area contributed by atoms with E-state index in [1.54, 1.807) is 6.92 Å². The molecule has 2 nitrogen and oxygen atoms in total. The molecule has 1 N–H and O–H groups in total. The van der Waals surface area contributed by atoms with E-state index < -0.39 is 0 Å². The highest BCUT2D eigenvalue weighted by atomic mass is 16.1. The molecule has 2 rings (SSSR count). The second-order valence-electron chi connectivity index (χ2n) is 3.26. The minimum absolute atomic E-state index is 0.187. The molecule has 0 saturated carbocycles. The van der Waals surface area contributed by atoms with E-state index >= 15 is 0 Å². The largest absolute Gasteiger partial charge is 0.358 e. The number of para-hydroxylation sites is 1. The van der Waals surface area contributed by atoms with Crippen molar-refractivity contribution in [3.8, 4) is 0 Å². The van der Waals surface area contributed by atoms with E-state index in [1.165, 1.54) is 5.39 Å². The summed E-state index contributed by atoms with van der Waals surface area (Å²) in [6.45, 7) is 1.60. The zero-order chi connectivity index (χ0) is 9.26. The molecule has 66 valence electrons. The molecule has 13 heavy (non-hydrogen) atoms. The lowest BCUT2D eigenvalue weighted by atomic mass is 10.2. The molecule has 0 aliphatic heterocycles. The minimum Gasteiger partial charge on any atom is -0.358 e. The number of nitrogens with one attached hydrogen (secondary N) is 1. The Labute approximate surface area is 76.6 Å². The van der Waals surface area contributed by atoms with Gasteiger partial charge in [0.2, 0.25) is 0 Å². The van der Waals surface area contributed by atoms with Crippen molar-refractivity contribution in [3.05, 3.63) is 36.0 Å². The van der Waals surface area contributed by atoms with Gasteiger partial charge >= 0.3 is 0 Å². The number of hydrogen-bond acceptors (Lipinski definition) is 1. The van der Waals surface area contributed by atoms with Crippen molar-refractivity contribution < 1.29 is 4.79 Å². The monoisotopic (exact) mass is 173 g/mol. The number of Topliss-reactive ketones (excluding diaryl/α,β-unsaturated/α-hetero) is 1. The number of fused-ring (bicyclic) bond motifs is 1. The highest BCUT2D eigenvalue weighted by molar-refractivity contribution is 5.83. The highest BCUT2D eigenvalue weighted by Crippen LogP contribution is 2.14. The number of aromatic nitrogens is 1. The average molecular weight is 173 g/mol. The van der Waals surface area contributed by atoms with Crippen LogP contribution in [0, 0.1) is 0 Å². The first kappa shape index (κ1) is 8.05. The number of benzene rings is 1. The van der Waals surface area contributed by atoms with E-state index in [9.17, 15) is 4.79 Å². The molecule has 0 bridgehead atoms. The maximum Gasteiger partial charge on any atom is 0.135 e. The third kappa shape index (κ3) is 1.61. The van der Waals surface area contributed by atoms with Gasteiger partial charge in [-0.1, -0.05) is 18.2 Å². The van der Waals surface area contributed by atoms with E-state index in [1.807, 2.05) is 30.3 Å². The maximum absolute atomic E-state index is 10.9. The first-order chi connectivity index (χ1) is 6.25. The van der Waals surface area contributed by atoms with E-state index in [2.05, 4.69) is 4.98 Å². The Bertz CT molecular complexity index is 409. The molecule has 2 aromatic rings. The Morgan fingerprint density at radius 2 is 2.15 bits per heavy atom. The molecule has 1 aromatic carbocycles. The Balaban J connectivity index is 2.44. The number of carbonyl (C=O) groups is 1. The maximum atomic E-state index is 10.9. The van der Waals surface area contributed by atoms with Crippen molar-refractivity contribution in [2.75, 3.05) is 0 Å². The quantitative estimate of drug-likeness (QED) is 0.742. The fourth-order valence-electron chi connectivity index (χ4n) is 1.50. The third-order valence-corrected chi connectivity index (χ3v) is 2.03. The molecule has 0 saturated heterocycles. The molecule has 0 spiro atoms. The molecule has 1 heterocycles. The van der Waals surface area contributed by atoms with Gasteiger partial charge in [-0.25, -0.2) is 0 Å². The van der Waals surface area contributed by atoms with Crippen LogP contribution >= 0.6 is 0 Å². The van der Waals surface area contributed by atoms with Crippen molar-refractivity contribution in [1.29, 1.82) is 0 Å². The summed E-state index contributed by atoms with van der Waals surface area (Å²) in [7, 11) is 0. The predicted octanol–water partition coefficient (Wildman–Crippen LogP) is 2.30. The first-order valence-corrected chi connectivity index (χ1v) is 4.32. The van der Waals surface area contributed by atoms with E-state index in [4.69, 9.17) is 0 Å². The van der Waals surface area contributed by atoms with E-state index in [0.717, 1.165) is 11.2 Å². The van der Waals surface area contributed by atoms with Gasteiger partial charge in [0.05, 0.1) is 0 Å². The van der Waals surface area contributed by atoms with Gasteiger partial charge < -0.3 is 4.98 Å². The Morgan fingerprint density at radius 3 is 2.85 bits per heavy atom. The predicted molar refractivity (Wildman–Crippen MR) is 52.7 cm³/mol. The lowest BCUT2D eigenvalue weighted by Crippen LogP contribution is -1.95. The number of hydrogen-bond donors (Lipinski definition) is 1. The molecule has 0 fully saturated rings. The van der Waals surface area contributed by atoms with Gasteiger partial charge in [-0.3, -0.25) is 4.79 Å². The molecule has 0 amide bonds. The fourth-order valence-corrected chi connectivity index (χ4v) is 1.50. The van der Waals surface area contributed by atoms with Crippen molar-refractivity contribution in [3.63, 3.8) is 0 Å². The number of carbonyl (C=O) groups excluding carboxylic acids is 1. The highest BCUT2D eigenvalue weighted by Gasteiger charge is 2.01. The fraction of sp³-hybridized carbons (Fsp3) is 0.182. The Morgan fingerprint density at radius 1 is 1.38 bits per heavy atom. The van der Waals surface area contributed by atoms with E-state index in [-0.39, 0.29) is 5.78 Å². The number of ketones is 1. The summed E-state index contributed by atoms with van der Waals surface area (Å²) < 4.78 is 0. The van der Waals surface area contributed by atoms with Gasteiger partial charge in [-0.05, 0) is 24.4 Å². The number of H-pyrrole nitrogens is 1. The zero-order valence-electron chi connectivity index (χ0n) is 7.50. The van der Waals surface area contributed by atoms with Gasteiger partial charge in [0, 0.05) is 17.6 Å². The van der Waals surface area contributed by atoms with Crippen LogP contribution in [0.2, 0.25) is 0 Å². The Hall–Kier alpha value is -1.57. The summed E-state index contributed by atoms with van der Waals surface area (Å²) in [5.74, 6) is 0.187. The van der Waals surface area contributed by atoms with Crippen molar-refractivity contribution >= 4 is 16.7 Å². The minimum atomic E-state index is 0.187. The summed E-state index contributed by atoms with van der Waals surface area (Å²) in [5.41, 5.74) is 2.09. The summed E-state index contributed by atoms with van der Waals surface area (Å²) >= 11 is 0. The summed E-state index contributed by atoms with van der Waals surface area (Å²) in [6.07, 6.45) is 0.495. The molecule has 0 aliphatic rings. The van der Waals surface area contributed by atoms with Crippen LogP contribution in [0.15, 0.2) is 30.3 Å². The van der Waals surface area contributed by atoms with Gasteiger partial charge in [0.1, 0.15) is 5.78 Å². The van der Waals surface area contributed by atoms with Gasteiger partial charge in [0.25, 0.3) is 0 Å². The number of rotatable bonds is 2. The summed E-state index contributed by atoms with van der Waals surface area (Å²) in [6, 6.07) is 10.1. The van der Waals surface area contributed by atoms with Crippen LogP contribution in [0.1, 0.15) is 12.6 Å². The Kier molecular flexibility index (Phi) is 1.89. The van der Waals surface area contributed by atoms with Crippen LogP contribution in [0.4, 0.5) is 0 Å². The van der Waals surface area contributed by atoms with Crippen LogP contribution in [-0.2, 0) is 11.2 Å². The summed E-state index contributed by atoms with van der Waals surface area (Å²) in [4.78, 5) is 14.1. The van der Waals surface area contributed by atoms with Crippen LogP contribution in [-0.4, -0.2) is 10.8 Å². The molecule has 0 atom stereocenters. The summed E-state index contributed by atoms with van der Waals surface area (Å²) in [5, 5.41) is 1.17. The standard InChI is InChI=1S/C11H11NO/c1-8(13)6-10-7-9-4-2-3-5-11(9)12-10/h2-5,7,12H,6H2,1H3. The molecule has 0 unspecified atom stereocenters. The zero-order valence-corrected chi connectivity index (χ0v) is 7.50. The number of aromatic amines is 1. The second kappa shape index (κ2) is 3.05. The lowest BCUT2D eigenvalue weighted by molar-refractivity contribution is -0.116. The second-order valence-corrected chi connectivity index (χ2v) is 3.26. The van der Waals surface area contributed by atoms with Gasteiger partial charge in [0.15, 0.2) is 0 Å². The van der Waals surface area contributed by atoms with Gasteiger partial charge in [-0.2, -0.15) is 0 Å². The molecule has 0 radical (unpaired) electrons. The normalized spacial score (nSPS) is 10.5. The topological polar surface area (TPSA) is 32.9 Å². The van der Waals surface area contributed by atoms with Crippen LogP contribution in [0.3, 0.4) is 0 Å². The average Bonchev–Trinajstić information content (AvgIpc) is 2.44. The van der Waals surface area contributed by atoms with Crippen LogP contribution in [0.5, 0.6) is 0 Å². The van der Waals surface area contributed by atoms with Gasteiger partial charge in [-0.15, -0.1) is 0 Å². The van der Waals surface area contributed by atoms with Crippen LogP contribution < -0.4 is 0 Å². The molecular weight excluding hydrogens is 162 g/mol. The van der Waals surface area contributed by atoms with Crippen molar-refractivity contribution in [1.82, 2.24) is 4.98 Å². The van der Waals surface area contributed by atoms with Crippen molar-refractivity contribution in [2.24, 2.45) is 0 Å². The molecule has 2 heteroatoms. The molecule has 0 aliphatic carbocycles. The van der Waals surface area contributed by atoms with Crippen molar-refractivity contribution in [2.45, 2.75) is 13.3 Å².